The number of hydrogen-bond acceptors (Lipinski definition) is 6. The topological polar surface area (TPSA) is 122 Å². The molecular formula is C32H40N2O5. The van der Waals surface area contributed by atoms with Crippen molar-refractivity contribution in [1.29, 1.82) is 5.26 Å². The van der Waals surface area contributed by atoms with Crippen LogP contribution in [0.1, 0.15) is 88.1 Å². The van der Waals surface area contributed by atoms with E-state index in [4.69, 9.17) is 5.26 Å². The summed E-state index contributed by atoms with van der Waals surface area (Å²) < 4.78 is 0. The van der Waals surface area contributed by atoms with Gasteiger partial charge in [0, 0.05) is 29.0 Å². The second-order valence-electron chi connectivity index (χ2n) is 13.5. The molecule has 39 heavy (non-hydrogen) atoms. The molecule has 0 bridgehead atoms. The Balaban J connectivity index is 1.32. The Morgan fingerprint density at radius 1 is 1.05 bits per heavy atom. The largest absolute Gasteiger partial charge is 0.390 e. The fraction of sp³-hybridized carbons (Fsp3) is 0.656. The van der Waals surface area contributed by atoms with Crippen molar-refractivity contribution in [3.05, 3.63) is 47.0 Å². The van der Waals surface area contributed by atoms with Crippen molar-refractivity contribution in [3.8, 4) is 6.07 Å². The number of carbonyl (C=O) groups excluding carboxylic acids is 2. The number of aliphatic hydroxyl groups is 3. The summed E-state index contributed by atoms with van der Waals surface area (Å²) in [5.74, 6) is -0.371. The van der Waals surface area contributed by atoms with Crippen molar-refractivity contribution in [2.24, 2.45) is 28.6 Å². The predicted molar refractivity (Wildman–Crippen MR) is 144 cm³/mol. The Morgan fingerprint density at radius 2 is 1.74 bits per heavy atom. The summed E-state index contributed by atoms with van der Waals surface area (Å²) >= 11 is 0. The quantitative estimate of drug-likeness (QED) is 0.543. The molecule has 0 aliphatic heterocycles. The third kappa shape index (κ3) is 3.78. The highest BCUT2D eigenvalue weighted by molar-refractivity contribution is 5.95. The van der Waals surface area contributed by atoms with Crippen LogP contribution in [0, 0.1) is 39.9 Å². The molecule has 208 valence electrons. The molecule has 3 unspecified atom stereocenters. The Morgan fingerprint density at radius 3 is 2.38 bits per heavy atom. The summed E-state index contributed by atoms with van der Waals surface area (Å²) in [5, 5.41) is 42.6. The number of hydrogen-bond donors (Lipinski definition) is 3. The maximum Gasteiger partial charge on any atom is 0.254 e. The van der Waals surface area contributed by atoms with Gasteiger partial charge in [0.25, 0.3) is 5.91 Å². The Hall–Kier alpha value is -2.53. The number of allylic oxidation sites excluding steroid dienone is 1. The molecule has 3 N–H and O–H groups in total. The van der Waals surface area contributed by atoms with E-state index in [0.717, 1.165) is 37.7 Å². The van der Waals surface area contributed by atoms with Gasteiger partial charge in [-0.3, -0.25) is 9.59 Å². The zero-order valence-corrected chi connectivity index (χ0v) is 23.1. The first-order valence-corrected chi connectivity index (χ1v) is 14.6. The summed E-state index contributed by atoms with van der Waals surface area (Å²) in [6.07, 6.45) is 5.38. The molecule has 0 saturated heterocycles. The van der Waals surface area contributed by atoms with Gasteiger partial charge in [-0.25, -0.2) is 0 Å². The lowest BCUT2D eigenvalue weighted by atomic mass is 9.46. The average molecular weight is 533 g/mol. The van der Waals surface area contributed by atoms with E-state index < -0.39 is 28.6 Å². The lowest BCUT2D eigenvalue weighted by Gasteiger charge is -2.60. The molecule has 0 heterocycles. The summed E-state index contributed by atoms with van der Waals surface area (Å²) in [4.78, 5) is 29.2. The van der Waals surface area contributed by atoms with Crippen LogP contribution in [0.4, 0.5) is 0 Å². The van der Waals surface area contributed by atoms with Crippen LogP contribution in [-0.2, 0) is 4.79 Å². The van der Waals surface area contributed by atoms with E-state index >= 15 is 0 Å². The number of nitrogens with zero attached hydrogens (tertiary/aromatic N) is 2. The second-order valence-corrected chi connectivity index (χ2v) is 13.5. The van der Waals surface area contributed by atoms with E-state index in [1.807, 2.05) is 4.90 Å². The van der Waals surface area contributed by atoms with E-state index in [1.54, 1.807) is 30.3 Å². The Kier molecular flexibility index (Phi) is 6.15. The van der Waals surface area contributed by atoms with Crippen LogP contribution >= 0.6 is 0 Å². The van der Waals surface area contributed by atoms with Crippen molar-refractivity contribution in [2.45, 2.75) is 102 Å². The molecule has 1 aromatic carbocycles. The van der Waals surface area contributed by atoms with Gasteiger partial charge >= 0.3 is 0 Å². The van der Waals surface area contributed by atoms with Gasteiger partial charge in [0.15, 0.2) is 5.78 Å². The number of aliphatic hydroxyl groups excluding tert-OH is 2. The Bertz CT molecular complexity index is 1260. The zero-order chi connectivity index (χ0) is 27.9. The lowest BCUT2D eigenvalue weighted by Crippen LogP contribution is -2.61. The average Bonchev–Trinajstić information content (AvgIpc) is 3.69. The monoisotopic (exact) mass is 532 g/mol. The fourth-order valence-electron chi connectivity index (χ4n) is 9.25. The minimum absolute atomic E-state index is 0.0192. The van der Waals surface area contributed by atoms with Gasteiger partial charge < -0.3 is 20.2 Å². The molecule has 7 nitrogen and oxygen atoms in total. The Labute approximate surface area is 230 Å². The molecule has 4 fully saturated rings. The van der Waals surface area contributed by atoms with Crippen LogP contribution in [0.3, 0.4) is 0 Å². The summed E-state index contributed by atoms with van der Waals surface area (Å²) in [6, 6.07) is 9.02. The number of rotatable bonds is 4. The molecular weight excluding hydrogens is 492 g/mol. The van der Waals surface area contributed by atoms with Gasteiger partial charge in [-0.2, -0.15) is 5.26 Å². The molecule has 4 saturated carbocycles. The van der Waals surface area contributed by atoms with Crippen molar-refractivity contribution < 1.29 is 24.9 Å². The van der Waals surface area contributed by atoms with E-state index in [0.29, 0.717) is 24.0 Å². The van der Waals surface area contributed by atoms with E-state index in [2.05, 4.69) is 26.8 Å². The third-order valence-corrected chi connectivity index (χ3v) is 11.6. The van der Waals surface area contributed by atoms with Gasteiger partial charge in [0.05, 0.1) is 29.4 Å². The zero-order valence-electron chi connectivity index (χ0n) is 23.1. The third-order valence-electron chi connectivity index (χ3n) is 11.6. The fourth-order valence-corrected chi connectivity index (χ4v) is 9.25. The van der Waals surface area contributed by atoms with Gasteiger partial charge in [0.1, 0.15) is 0 Å². The number of carbonyl (C=O) groups is 2. The van der Waals surface area contributed by atoms with Crippen molar-refractivity contribution in [3.63, 3.8) is 0 Å². The van der Waals surface area contributed by atoms with Gasteiger partial charge in [-0.05, 0) is 111 Å². The molecule has 6 rings (SSSR count). The van der Waals surface area contributed by atoms with Crippen LogP contribution in [0.15, 0.2) is 35.9 Å². The number of ketones is 1. The molecule has 9 atom stereocenters. The maximum atomic E-state index is 13.8. The summed E-state index contributed by atoms with van der Waals surface area (Å²) in [7, 11) is 0. The SMILES string of the molecule is CC(C1CC[C@@]2(O)C3=CC(=O)[C@@H]4C[C@@H](O)[C@@H](O)C[C@]4(C)C3CC[C@]12C)N(C(=O)c1ccc(C#N)cc1)C1CC1. The van der Waals surface area contributed by atoms with Gasteiger partial charge in [-0.1, -0.05) is 13.8 Å². The van der Waals surface area contributed by atoms with Crippen LogP contribution < -0.4 is 0 Å². The van der Waals surface area contributed by atoms with Crippen molar-refractivity contribution in [2.75, 3.05) is 0 Å². The second kappa shape index (κ2) is 8.99. The number of nitriles is 1. The normalized spacial score (nSPS) is 41.9. The standard InChI is InChI=1S/C32H40N2O5/c1-18(34(21-8-9-21)29(38)20-6-4-19(17-33)5-7-20)22-11-13-32(39)24-14-26(35)25-15-27(36)28(37)16-30(25,2)23(24)10-12-31(22,32)3/h4-7,14,18,21-23,25,27-28,36-37,39H,8-13,15-16H2,1-3H3/t18?,22?,23?,25-,27+,28-,30+,31+,32+/m0/s1. The lowest BCUT2D eigenvalue weighted by molar-refractivity contribution is -0.153. The number of amides is 1. The minimum atomic E-state index is -1.15. The molecule has 0 radical (unpaired) electrons. The van der Waals surface area contributed by atoms with Crippen LogP contribution in [0.25, 0.3) is 0 Å². The maximum absolute atomic E-state index is 13.8. The van der Waals surface area contributed by atoms with Crippen LogP contribution in [0.5, 0.6) is 0 Å². The highest BCUT2D eigenvalue weighted by Gasteiger charge is 2.67. The van der Waals surface area contributed by atoms with Crippen LogP contribution in [-0.4, -0.2) is 61.8 Å². The summed E-state index contributed by atoms with van der Waals surface area (Å²) in [6.45, 7) is 6.33. The van der Waals surface area contributed by atoms with Gasteiger partial charge in [-0.15, -0.1) is 0 Å². The van der Waals surface area contributed by atoms with E-state index in [1.165, 1.54) is 0 Å². The molecule has 1 amide bonds. The van der Waals surface area contributed by atoms with Crippen LogP contribution in [0.2, 0.25) is 0 Å². The summed E-state index contributed by atoms with van der Waals surface area (Å²) in [5.41, 5.74) is -0.224. The predicted octanol–water partition coefficient (Wildman–Crippen LogP) is 3.76. The van der Waals surface area contributed by atoms with Gasteiger partial charge in [0.2, 0.25) is 0 Å². The van der Waals surface area contributed by atoms with Crippen molar-refractivity contribution in [1.82, 2.24) is 4.90 Å². The molecule has 1 aromatic rings. The minimum Gasteiger partial charge on any atom is -0.390 e. The number of fused-ring (bicyclic) bond motifs is 5. The van der Waals surface area contributed by atoms with E-state index in [-0.39, 0.29) is 47.9 Å². The molecule has 5 aliphatic carbocycles. The molecule has 0 aromatic heterocycles. The smallest absolute Gasteiger partial charge is 0.254 e. The highest BCUT2D eigenvalue weighted by Crippen LogP contribution is 2.67. The molecule has 7 heteroatoms. The molecule has 0 spiro atoms. The van der Waals surface area contributed by atoms with Crippen molar-refractivity contribution >= 4 is 11.7 Å². The first-order valence-electron chi connectivity index (χ1n) is 14.6. The highest BCUT2D eigenvalue weighted by atomic mass is 16.3. The number of benzene rings is 1. The van der Waals surface area contributed by atoms with E-state index in [9.17, 15) is 24.9 Å². The first kappa shape index (κ1) is 26.7. The first-order chi connectivity index (χ1) is 18.4. The molecule has 5 aliphatic rings.